The van der Waals surface area contributed by atoms with Crippen LogP contribution in [0.15, 0.2) is 11.1 Å². The average molecular weight is 225 g/mol. The van der Waals surface area contributed by atoms with Gasteiger partial charge in [0.1, 0.15) is 5.69 Å². The second-order valence-electron chi connectivity index (χ2n) is 3.56. The summed E-state index contributed by atoms with van der Waals surface area (Å²) in [5, 5.41) is 3.06. The minimum Gasteiger partial charge on any atom is -0.391 e. The van der Waals surface area contributed by atoms with Crippen molar-refractivity contribution in [2.24, 2.45) is 0 Å². The molecule has 0 amide bonds. The first-order chi connectivity index (χ1) is 7.70. The Labute approximate surface area is 94.9 Å². The van der Waals surface area contributed by atoms with Crippen molar-refractivity contribution in [1.82, 2.24) is 15.3 Å². The molecule has 0 aliphatic carbocycles. The van der Waals surface area contributed by atoms with E-state index in [9.17, 15) is 4.79 Å². The Morgan fingerprint density at radius 1 is 1.56 bits per heavy atom. The first-order valence-corrected chi connectivity index (χ1v) is 5.43. The first-order valence-electron chi connectivity index (χ1n) is 5.43. The summed E-state index contributed by atoms with van der Waals surface area (Å²) in [5.74, 6) is 0.570. The van der Waals surface area contributed by atoms with Gasteiger partial charge in [-0.25, -0.2) is 4.98 Å². The lowest BCUT2D eigenvalue weighted by molar-refractivity contribution is 0.702. The largest absolute Gasteiger partial charge is 0.391 e. The van der Waals surface area contributed by atoms with Crippen LogP contribution in [0.1, 0.15) is 13.3 Å². The van der Waals surface area contributed by atoms with Crippen molar-refractivity contribution < 1.29 is 0 Å². The van der Waals surface area contributed by atoms with Gasteiger partial charge in [0.25, 0.3) is 5.56 Å². The summed E-state index contributed by atoms with van der Waals surface area (Å²) in [6.45, 7) is 4.52. The summed E-state index contributed by atoms with van der Waals surface area (Å²) >= 11 is 0. The van der Waals surface area contributed by atoms with Crippen LogP contribution >= 0.6 is 0 Å². The van der Waals surface area contributed by atoms with Crippen LogP contribution in [0.4, 0.5) is 11.5 Å². The maximum absolute atomic E-state index is 11.4. The van der Waals surface area contributed by atoms with E-state index in [1.165, 1.54) is 6.33 Å². The summed E-state index contributed by atoms with van der Waals surface area (Å²) in [6.07, 6.45) is 2.37. The Hall–Kier alpha value is -1.56. The molecule has 0 aliphatic heterocycles. The second kappa shape index (κ2) is 6.12. The molecule has 6 heteroatoms. The summed E-state index contributed by atoms with van der Waals surface area (Å²) in [4.78, 5) is 20.0. The Balaban J connectivity index is 2.91. The van der Waals surface area contributed by atoms with E-state index < -0.39 is 0 Å². The Morgan fingerprint density at radius 2 is 2.31 bits per heavy atom. The first kappa shape index (κ1) is 12.5. The van der Waals surface area contributed by atoms with Crippen LogP contribution < -0.4 is 21.5 Å². The van der Waals surface area contributed by atoms with Crippen molar-refractivity contribution in [2.45, 2.75) is 13.3 Å². The van der Waals surface area contributed by atoms with Crippen molar-refractivity contribution in [3.05, 3.63) is 16.7 Å². The smallest absolute Gasteiger partial charge is 0.276 e. The van der Waals surface area contributed by atoms with Crippen molar-refractivity contribution in [3.8, 4) is 0 Å². The van der Waals surface area contributed by atoms with Gasteiger partial charge in [-0.1, -0.05) is 6.92 Å². The van der Waals surface area contributed by atoms with E-state index >= 15 is 0 Å². The third kappa shape index (κ3) is 2.96. The molecule has 1 rings (SSSR count). The van der Waals surface area contributed by atoms with Gasteiger partial charge in [0.05, 0.1) is 6.33 Å². The average Bonchev–Trinajstić information content (AvgIpc) is 2.28. The van der Waals surface area contributed by atoms with Crippen molar-refractivity contribution in [1.29, 1.82) is 0 Å². The van der Waals surface area contributed by atoms with E-state index in [2.05, 4.69) is 22.2 Å². The number of hydrogen-bond acceptors (Lipinski definition) is 5. The summed E-state index contributed by atoms with van der Waals surface area (Å²) in [7, 11) is 1.89. The molecular weight excluding hydrogens is 206 g/mol. The highest BCUT2D eigenvalue weighted by Gasteiger charge is 2.12. The number of likely N-dealkylation sites (N-methyl/N-ethyl adjacent to an activating group) is 1. The normalized spacial score (nSPS) is 10.4. The van der Waals surface area contributed by atoms with E-state index in [-0.39, 0.29) is 11.2 Å². The van der Waals surface area contributed by atoms with Gasteiger partial charge >= 0.3 is 0 Å². The topological polar surface area (TPSA) is 87.0 Å². The molecule has 0 saturated carbocycles. The Bertz CT molecular complexity index is 376. The number of H-pyrrole nitrogens is 1. The van der Waals surface area contributed by atoms with Crippen LogP contribution in [0.3, 0.4) is 0 Å². The fraction of sp³-hybridized carbons (Fsp3) is 0.600. The lowest BCUT2D eigenvalue weighted by Gasteiger charge is -2.23. The quantitative estimate of drug-likeness (QED) is 0.623. The van der Waals surface area contributed by atoms with Gasteiger partial charge in [0.15, 0.2) is 5.82 Å². The molecule has 1 aromatic rings. The molecule has 0 fully saturated rings. The molecule has 1 aromatic heterocycles. The highest BCUT2D eigenvalue weighted by atomic mass is 16.1. The highest BCUT2D eigenvalue weighted by Crippen LogP contribution is 2.14. The zero-order valence-corrected chi connectivity index (χ0v) is 9.79. The fourth-order valence-electron chi connectivity index (χ4n) is 1.49. The van der Waals surface area contributed by atoms with Crippen molar-refractivity contribution in [2.75, 3.05) is 37.3 Å². The molecule has 16 heavy (non-hydrogen) atoms. The Kier molecular flexibility index (Phi) is 4.78. The van der Waals surface area contributed by atoms with Crippen LogP contribution in [0.2, 0.25) is 0 Å². The van der Waals surface area contributed by atoms with Gasteiger partial charge in [-0.2, -0.15) is 0 Å². The highest BCUT2D eigenvalue weighted by molar-refractivity contribution is 5.60. The number of aromatic amines is 1. The predicted octanol–water partition coefficient (Wildman–Crippen LogP) is -0.212. The molecule has 0 saturated heterocycles. The van der Waals surface area contributed by atoms with Gasteiger partial charge in [-0.15, -0.1) is 0 Å². The lowest BCUT2D eigenvalue weighted by Crippen LogP contribution is -2.34. The Morgan fingerprint density at radius 3 is 2.94 bits per heavy atom. The van der Waals surface area contributed by atoms with Crippen LogP contribution in [0, 0.1) is 0 Å². The maximum Gasteiger partial charge on any atom is 0.276 e. The number of nitrogens with one attached hydrogen (secondary N) is 2. The fourth-order valence-corrected chi connectivity index (χ4v) is 1.49. The van der Waals surface area contributed by atoms with Gasteiger partial charge in [-0.3, -0.25) is 4.79 Å². The van der Waals surface area contributed by atoms with E-state index in [0.717, 1.165) is 26.1 Å². The third-order valence-corrected chi connectivity index (χ3v) is 2.29. The molecule has 90 valence electrons. The van der Waals surface area contributed by atoms with E-state index in [1.54, 1.807) is 0 Å². The molecule has 0 unspecified atom stereocenters. The number of nitrogens with two attached hydrogens (primary N) is 1. The summed E-state index contributed by atoms with van der Waals surface area (Å²) < 4.78 is 0. The summed E-state index contributed by atoms with van der Waals surface area (Å²) in [5.41, 5.74) is 5.62. The molecule has 0 spiro atoms. The molecule has 1 heterocycles. The third-order valence-electron chi connectivity index (χ3n) is 2.29. The molecule has 0 aliphatic rings. The molecule has 4 N–H and O–H groups in total. The predicted molar refractivity (Wildman–Crippen MR) is 65.7 cm³/mol. The maximum atomic E-state index is 11.4. The standard InChI is InChI=1S/C10H19N5O/c1-3-5-15(6-4-12-2)9-8(11)10(16)14-7-13-9/h7,12H,3-6,11H2,1-2H3,(H,13,14,16). The van der Waals surface area contributed by atoms with Crippen molar-refractivity contribution in [3.63, 3.8) is 0 Å². The number of rotatable bonds is 6. The van der Waals surface area contributed by atoms with E-state index in [0.29, 0.717) is 5.82 Å². The van der Waals surface area contributed by atoms with Gasteiger partial charge in [0, 0.05) is 19.6 Å². The summed E-state index contributed by atoms with van der Waals surface area (Å²) in [6, 6.07) is 0. The molecule has 0 bridgehead atoms. The van der Waals surface area contributed by atoms with E-state index in [1.807, 2.05) is 11.9 Å². The van der Waals surface area contributed by atoms with Crippen LogP contribution in [0.5, 0.6) is 0 Å². The number of anilines is 2. The minimum atomic E-state index is -0.282. The van der Waals surface area contributed by atoms with Crippen LogP contribution in [-0.4, -0.2) is 36.6 Å². The minimum absolute atomic E-state index is 0.187. The van der Waals surface area contributed by atoms with Gasteiger partial charge in [-0.05, 0) is 13.5 Å². The number of aromatic nitrogens is 2. The monoisotopic (exact) mass is 225 g/mol. The number of hydrogen-bond donors (Lipinski definition) is 3. The zero-order valence-electron chi connectivity index (χ0n) is 9.79. The number of nitrogen functional groups attached to an aromatic ring is 1. The van der Waals surface area contributed by atoms with E-state index in [4.69, 9.17) is 5.73 Å². The molecular formula is C10H19N5O. The van der Waals surface area contributed by atoms with Gasteiger partial charge in [0.2, 0.25) is 0 Å². The lowest BCUT2D eigenvalue weighted by atomic mass is 10.3. The molecule has 0 atom stereocenters. The zero-order chi connectivity index (χ0) is 12.0. The second-order valence-corrected chi connectivity index (χ2v) is 3.56. The SMILES string of the molecule is CCCN(CCNC)c1nc[nH]c(=O)c1N. The van der Waals surface area contributed by atoms with Crippen LogP contribution in [0.25, 0.3) is 0 Å². The van der Waals surface area contributed by atoms with Gasteiger partial charge < -0.3 is 20.9 Å². The van der Waals surface area contributed by atoms with Crippen molar-refractivity contribution >= 4 is 11.5 Å². The molecule has 0 aromatic carbocycles. The molecule has 0 radical (unpaired) electrons. The molecule has 6 nitrogen and oxygen atoms in total. The van der Waals surface area contributed by atoms with Crippen LogP contribution in [-0.2, 0) is 0 Å². The number of nitrogens with zero attached hydrogens (tertiary/aromatic N) is 2.